The van der Waals surface area contributed by atoms with Crippen molar-refractivity contribution in [1.82, 2.24) is 14.9 Å². The Morgan fingerprint density at radius 3 is 2.82 bits per heavy atom. The topological polar surface area (TPSA) is 50.1 Å². The number of nitrogens with zero attached hydrogens (tertiary/aromatic N) is 2. The molecule has 1 fully saturated rings. The fourth-order valence-corrected chi connectivity index (χ4v) is 2.49. The molecular weight excluding hydrogens is 214 g/mol. The third-order valence-corrected chi connectivity index (χ3v) is 3.56. The fraction of sp³-hybridized carbons (Fsp3) is 0.769. The highest BCUT2D eigenvalue weighted by molar-refractivity contribution is 4.97. The Morgan fingerprint density at radius 2 is 2.35 bits per heavy atom. The van der Waals surface area contributed by atoms with Crippen molar-refractivity contribution in [3.8, 4) is 0 Å². The largest absolute Gasteiger partial charge is 0.394 e. The Kier molecular flexibility index (Phi) is 3.54. The number of aliphatic hydroxyl groups is 1. The zero-order valence-corrected chi connectivity index (χ0v) is 11.0. The van der Waals surface area contributed by atoms with Crippen molar-refractivity contribution in [2.75, 3.05) is 6.61 Å². The summed E-state index contributed by atoms with van der Waals surface area (Å²) in [5.41, 5.74) is -0.183. The van der Waals surface area contributed by atoms with Crippen molar-refractivity contribution in [2.45, 2.75) is 57.7 Å². The summed E-state index contributed by atoms with van der Waals surface area (Å²) in [4.78, 5) is 4.25. The first-order valence-electron chi connectivity index (χ1n) is 6.42. The van der Waals surface area contributed by atoms with Gasteiger partial charge in [-0.15, -0.1) is 0 Å². The second-order valence-corrected chi connectivity index (χ2v) is 5.57. The van der Waals surface area contributed by atoms with E-state index in [0.29, 0.717) is 12.1 Å². The van der Waals surface area contributed by atoms with Crippen LogP contribution >= 0.6 is 0 Å². The minimum atomic E-state index is -0.183. The number of nitrogens with one attached hydrogen (secondary N) is 1. The number of imidazole rings is 1. The average Bonchev–Trinajstić information content (AvgIpc) is 2.97. The van der Waals surface area contributed by atoms with Gasteiger partial charge in [0.1, 0.15) is 5.82 Å². The summed E-state index contributed by atoms with van der Waals surface area (Å²) in [5.74, 6) is 1.03. The SMILES string of the molecule is Cc1nccn1C(C)CC(C)(CO)NC1CC1. The molecule has 0 radical (unpaired) electrons. The van der Waals surface area contributed by atoms with Crippen LogP contribution in [-0.2, 0) is 0 Å². The molecule has 1 aliphatic carbocycles. The van der Waals surface area contributed by atoms with Gasteiger partial charge in [-0.25, -0.2) is 4.98 Å². The molecule has 0 saturated heterocycles. The van der Waals surface area contributed by atoms with Crippen LogP contribution in [0.2, 0.25) is 0 Å². The molecule has 0 amide bonds. The standard InChI is InChI=1S/C13H23N3O/c1-10(16-7-6-14-11(16)2)8-13(3,9-17)15-12-4-5-12/h6-7,10,12,15,17H,4-5,8-9H2,1-3H3. The molecule has 96 valence electrons. The van der Waals surface area contributed by atoms with Crippen LogP contribution in [0, 0.1) is 6.92 Å². The van der Waals surface area contributed by atoms with E-state index in [1.807, 2.05) is 19.3 Å². The first-order valence-corrected chi connectivity index (χ1v) is 6.42. The summed E-state index contributed by atoms with van der Waals surface area (Å²) in [6, 6.07) is 0.962. The van der Waals surface area contributed by atoms with Gasteiger partial charge in [0.05, 0.1) is 6.61 Å². The summed E-state index contributed by atoms with van der Waals surface area (Å²) in [7, 11) is 0. The molecule has 0 spiro atoms. The molecule has 2 atom stereocenters. The van der Waals surface area contributed by atoms with Crippen LogP contribution in [0.15, 0.2) is 12.4 Å². The summed E-state index contributed by atoms with van der Waals surface area (Å²) in [6.45, 7) is 6.48. The molecule has 4 heteroatoms. The predicted octanol–water partition coefficient (Wildman–Crippen LogP) is 1.65. The fourth-order valence-electron chi connectivity index (χ4n) is 2.49. The Labute approximate surface area is 103 Å². The summed E-state index contributed by atoms with van der Waals surface area (Å²) < 4.78 is 2.17. The molecule has 4 nitrogen and oxygen atoms in total. The average molecular weight is 237 g/mol. The van der Waals surface area contributed by atoms with Gasteiger partial charge in [0.15, 0.2) is 0 Å². The second-order valence-electron chi connectivity index (χ2n) is 5.57. The predicted molar refractivity (Wildman–Crippen MR) is 67.9 cm³/mol. The Balaban J connectivity index is 2.00. The molecule has 1 saturated carbocycles. The third kappa shape index (κ3) is 3.07. The van der Waals surface area contributed by atoms with Crippen LogP contribution < -0.4 is 5.32 Å². The lowest BCUT2D eigenvalue weighted by atomic mass is 9.94. The number of aromatic nitrogens is 2. The summed E-state index contributed by atoms with van der Waals surface area (Å²) in [6.07, 6.45) is 7.24. The molecule has 0 bridgehead atoms. The summed E-state index contributed by atoms with van der Waals surface area (Å²) >= 11 is 0. The van der Waals surface area contributed by atoms with Gasteiger partial charge in [-0.05, 0) is 40.0 Å². The maximum absolute atomic E-state index is 9.59. The molecule has 1 aliphatic rings. The first-order chi connectivity index (χ1) is 8.04. The molecule has 1 aromatic rings. The van der Waals surface area contributed by atoms with Crippen molar-refractivity contribution in [2.24, 2.45) is 0 Å². The van der Waals surface area contributed by atoms with Gasteiger partial charge >= 0.3 is 0 Å². The minimum absolute atomic E-state index is 0.182. The number of hydrogen-bond donors (Lipinski definition) is 2. The van der Waals surface area contributed by atoms with Crippen LogP contribution in [0.4, 0.5) is 0 Å². The number of rotatable bonds is 6. The van der Waals surface area contributed by atoms with Gasteiger partial charge in [0, 0.05) is 30.0 Å². The van der Waals surface area contributed by atoms with E-state index in [4.69, 9.17) is 0 Å². The van der Waals surface area contributed by atoms with Gasteiger partial charge in [-0.1, -0.05) is 0 Å². The maximum Gasteiger partial charge on any atom is 0.105 e. The Bertz CT molecular complexity index is 372. The van der Waals surface area contributed by atoms with Crippen LogP contribution in [0.5, 0.6) is 0 Å². The number of aryl methyl sites for hydroxylation is 1. The van der Waals surface area contributed by atoms with Crippen LogP contribution in [0.3, 0.4) is 0 Å². The maximum atomic E-state index is 9.59. The lowest BCUT2D eigenvalue weighted by molar-refractivity contribution is 0.149. The quantitative estimate of drug-likeness (QED) is 0.791. The van der Waals surface area contributed by atoms with Gasteiger partial charge in [0.25, 0.3) is 0 Å². The summed E-state index contributed by atoms with van der Waals surface area (Å²) in [5, 5.41) is 13.1. The second kappa shape index (κ2) is 4.78. The van der Waals surface area contributed by atoms with E-state index in [2.05, 4.69) is 28.7 Å². The molecule has 2 N–H and O–H groups in total. The van der Waals surface area contributed by atoms with E-state index in [1.165, 1.54) is 12.8 Å². The van der Waals surface area contributed by atoms with Crippen molar-refractivity contribution >= 4 is 0 Å². The molecule has 0 aromatic carbocycles. The first kappa shape index (κ1) is 12.6. The van der Waals surface area contributed by atoms with E-state index < -0.39 is 0 Å². The number of hydrogen-bond acceptors (Lipinski definition) is 3. The zero-order valence-electron chi connectivity index (χ0n) is 11.0. The van der Waals surface area contributed by atoms with Crippen LogP contribution in [-0.4, -0.2) is 32.8 Å². The van der Waals surface area contributed by atoms with Gasteiger partial charge in [-0.3, -0.25) is 0 Å². The molecule has 1 aromatic heterocycles. The van der Waals surface area contributed by atoms with Gasteiger partial charge < -0.3 is 15.0 Å². The number of aliphatic hydroxyl groups excluding tert-OH is 1. The lowest BCUT2D eigenvalue weighted by Gasteiger charge is -2.32. The molecule has 2 unspecified atom stereocenters. The van der Waals surface area contributed by atoms with E-state index in [9.17, 15) is 5.11 Å². The molecule has 0 aliphatic heterocycles. The van der Waals surface area contributed by atoms with Crippen molar-refractivity contribution in [3.05, 3.63) is 18.2 Å². The molecular formula is C13H23N3O. The highest BCUT2D eigenvalue weighted by Gasteiger charge is 2.33. The van der Waals surface area contributed by atoms with E-state index in [-0.39, 0.29) is 12.1 Å². The normalized spacial score (nSPS) is 21.2. The lowest BCUT2D eigenvalue weighted by Crippen LogP contribution is -2.48. The monoisotopic (exact) mass is 237 g/mol. The van der Waals surface area contributed by atoms with Crippen molar-refractivity contribution in [1.29, 1.82) is 0 Å². The highest BCUT2D eigenvalue weighted by atomic mass is 16.3. The Hall–Kier alpha value is -0.870. The molecule has 17 heavy (non-hydrogen) atoms. The van der Waals surface area contributed by atoms with Crippen molar-refractivity contribution < 1.29 is 5.11 Å². The molecule has 2 rings (SSSR count). The van der Waals surface area contributed by atoms with Gasteiger partial charge in [-0.2, -0.15) is 0 Å². The Morgan fingerprint density at radius 1 is 1.65 bits per heavy atom. The third-order valence-electron chi connectivity index (χ3n) is 3.56. The van der Waals surface area contributed by atoms with E-state index >= 15 is 0 Å². The van der Waals surface area contributed by atoms with Crippen molar-refractivity contribution in [3.63, 3.8) is 0 Å². The molecule has 1 heterocycles. The zero-order chi connectivity index (χ0) is 12.5. The smallest absolute Gasteiger partial charge is 0.105 e. The van der Waals surface area contributed by atoms with Crippen LogP contribution in [0.25, 0.3) is 0 Å². The van der Waals surface area contributed by atoms with Gasteiger partial charge in [0.2, 0.25) is 0 Å². The van der Waals surface area contributed by atoms with Crippen LogP contribution in [0.1, 0.15) is 45.0 Å². The van der Waals surface area contributed by atoms with E-state index in [0.717, 1.165) is 12.2 Å². The van der Waals surface area contributed by atoms with E-state index in [1.54, 1.807) is 0 Å². The highest BCUT2D eigenvalue weighted by Crippen LogP contribution is 2.27. The minimum Gasteiger partial charge on any atom is -0.394 e.